The maximum atomic E-state index is 10.7. The largest absolute Gasteiger partial charge is 0.264 e. The predicted octanol–water partition coefficient (Wildman–Crippen LogP) is 1.48. The van der Waals surface area contributed by atoms with Crippen molar-refractivity contribution >= 4 is 11.5 Å². The van der Waals surface area contributed by atoms with Crippen molar-refractivity contribution in [2.45, 2.75) is 0 Å². The molecule has 0 N–H and O–H groups in total. The molecule has 0 aromatic heterocycles. The summed E-state index contributed by atoms with van der Waals surface area (Å²) in [5.41, 5.74) is 0. The highest BCUT2D eigenvalue weighted by Gasteiger charge is 1.79. The molecule has 6 heavy (non-hydrogen) atoms. The average molecular weight is 117 g/mol. The molecule has 0 aromatic rings. The van der Waals surface area contributed by atoms with Gasteiger partial charge in [0.2, 0.25) is 0 Å². The Balaban J connectivity index is 3.14. The van der Waals surface area contributed by atoms with Gasteiger partial charge in [0, 0.05) is 0 Å². The molecule has 5 heteroatoms. The van der Waals surface area contributed by atoms with E-state index in [2.05, 4.69) is 4.36 Å². The highest BCUT2D eigenvalue weighted by Crippen LogP contribution is 1.88. The summed E-state index contributed by atoms with van der Waals surface area (Å²) in [4.78, 5) is 0. The molecule has 0 aliphatic carbocycles. The van der Waals surface area contributed by atoms with Crippen LogP contribution in [0.1, 0.15) is 0 Å². The fraction of sp³-hybridized carbons (Fsp3) is 1.00. The minimum absolute atomic E-state index is 1.28. The van der Waals surface area contributed by atoms with Crippen LogP contribution >= 0.6 is 0 Å². The van der Waals surface area contributed by atoms with Crippen LogP contribution in [0.2, 0.25) is 0 Å². The zero-order valence-corrected chi connectivity index (χ0v) is 3.51. The van der Waals surface area contributed by atoms with Gasteiger partial charge in [0.25, 0.3) is 11.5 Å². The summed E-state index contributed by atoms with van der Waals surface area (Å²) in [7, 11) is 0. The predicted molar refractivity (Wildman–Crippen MR) is 18.0 cm³/mol. The molecule has 38 valence electrons. The summed E-state index contributed by atoms with van der Waals surface area (Å²) in [6.07, 6.45) is 0. The summed E-state index contributed by atoms with van der Waals surface area (Å²) in [6.45, 7) is -1.28. The number of alkyl halides is 1. The van der Waals surface area contributed by atoms with E-state index in [1.54, 1.807) is 0 Å². The Labute approximate surface area is 35.9 Å². The van der Waals surface area contributed by atoms with E-state index in [9.17, 15) is 12.2 Å². The highest BCUT2D eigenvalue weighted by atomic mass is 32.2. The van der Waals surface area contributed by atoms with Gasteiger partial charge < -0.3 is 0 Å². The first-order chi connectivity index (χ1) is 2.77. The Morgan fingerprint density at radius 1 is 1.50 bits per heavy atom. The van der Waals surface area contributed by atoms with Gasteiger partial charge in [-0.1, -0.05) is 0 Å². The lowest BCUT2D eigenvalue weighted by Crippen LogP contribution is -1.63. The van der Waals surface area contributed by atoms with Gasteiger partial charge in [-0.15, -0.1) is 7.77 Å². The minimum atomic E-state index is -3.07. The summed E-state index contributed by atoms with van der Waals surface area (Å²) < 4.78 is 34.1. The van der Waals surface area contributed by atoms with Crippen molar-refractivity contribution in [2.24, 2.45) is 4.36 Å². The SMILES string of the molecule is FCN=S(F)F. The Hall–Kier alpha value is -0.0600. The molecule has 0 bridgehead atoms. The Kier molecular flexibility index (Phi) is 3.11. The Bertz CT molecular complexity index is 57.8. The molecule has 0 aromatic carbocycles. The quantitative estimate of drug-likeness (QED) is 0.461. The van der Waals surface area contributed by atoms with E-state index in [0.717, 1.165) is 0 Å². The van der Waals surface area contributed by atoms with Crippen LogP contribution in [0.15, 0.2) is 4.36 Å². The van der Waals surface area contributed by atoms with Crippen molar-refractivity contribution in [1.82, 2.24) is 0 Å². The summed E-state index contributed by atoms with van der Waals surface area (Å²) in [5, 5.41) is 0. The van der Waals surface area contributed by atoms with E-state index >= 15 is 0 Å². The number of hydrogen-bond acceptors (Lipinski definition) is 1. The second kappa shape index (κ2) is 3.14. The smallest absolute Gasteiger partial charge is 0.225 e. The topological polar surface area (TPSA) is 12.4 Å². The lowest BCUT2D eigenvalue weighted by atomic mass is 11.5. The number of nitrogens with zero attached hydrogens (tertiary/aromatic N) is 1. The van der Waals surface area contributed by atoms with Crippen LogP contribution in [0.3, 0.4) is 0 Å². The zero-order valence-electron chi connectivity index (χ0n) is 2.70. The first-order valence-electron chi connectivity index (χ1n) is 1.07. The molecule has 0 fully saturated rings. The Morgan fingerprint density at radius 2 is 2.00 bits per heavy atom. The monoisotopic (exact) mass is 117 g/mol. The lowest BCUT2D eigenvalue weighted by Gasteiger charge is -1.70. The standard InChI is InChI=1S/CH2F3NS/c2-1-5-6(3)4/h1H2. The second-order valence-electron chi connectivity index (χ2n) is 0.445. The maximum absolute atomic E-state index is 10.7. The van der Waals surface area contributed by atoms with Crippen molar-refractivity contribution in [1.29, 1.82) is 0 Å². The summed E-state index contributed by atoms with van der Waals surface area (Å²) >= 11 is -3.07. The van der Waals surface area contributed by atoms with Crippen LogP contribution < -0.4 is 0 Å². The highest BCUT2D eigenvalue weighted by molar-refractivity contribution is 7.76. The molecule has 0 aliphatic heterocycles. The third kappa shape index (κ3) is 3.94. The second-order valence-corrected chi connectivity index (χ2v) is 1.10. The van der Waals surface area contributed by atoms with Gasteiger partial charge in [0.1, 0.15) is 0 Å². The third-order valence-electron chi connectivity index (χ3n) is 0.146. The molecule has 0 heterocycles. The molecular formula is CH2F3NS. The molecule has 0 saturated carbocycles. The van der Waals surface area contributed by atoms with E-state index in [1.165, 1.54) is 0 Å². The van der Waals surface area contributed by atoms with Crippen LogP contribution in [-0.2, 0) is 11.5 Å². The molecule has 0 rings (SSSR count). The van der Waals surface area contributed by atoms with Crippen LogP contribution in [-0.4, -0.2) is 6.80 Å². The van der Waals surface area contributed by atoms with E-state index in [-0.39, 0.29) is 0 Å². The average Bonchev–Trinajstić information content (AvgIpc) is 1.35. The lowest BCUT2D eigenvalue weighted by molar-refractivity contribution is 0.512. The van der Waals surface area contributed by atoms with Gasteiger partial charge in [0.05, 0.1) is 0 Å². The zero-order chi connectivity index (χ0) is 4.99. The van der Waals surface area contributed by atoms with Gasteiger partial charge >= 0.3 is 0 Å². The first-order valence-corrected chi connectivity index (χ1v) is 2.06. The number of hydrogen-bond donors (Lipinski definition) is 0. The molecule has 1 nitrogen and oxygen atoms in total. The third-order valence-corrected chi connectivity index (χ3v) is 0.439. The van der Waals surface area contributed by atoms with E-state index in [1.807, 2.05) is 0 Å². The molecule has 0 aliphatic rings. The number of halogens is 3. The van der Waals surface area contributed by atoms with Crippen LogP contribution in [0.5, 0.6) is 0 Å². The normalized spacial score (nSPS) is 9.33. The van der Waals surface area contributed by atoms with E-state index in [0.29, 0.717) is 0 Å². The van der Waals surface area contributed by atoms with Crippen molar-refractivity contribution < 1.29 is 12.2 Å². The fourth-order valence-corrected chi connectivity index (χ4v) is 0.111. The van der Waals surface area contributed by atoms with Crippen molar-refractivity contribution in [2.75, 3.05) is 6.80 Å². The van der Waals surface area contributed by atoms with Gasteiger partial charge in [-0.25, -0.2) is 4.39 Å². The van der Waals surface area contributed by atoms with Gasteiger partial charge in [0.15, 0.2) is 6.80 Å². The van der Waals surface area contributed by atoms with Crippen LogP contribution in [0.25, 0.3) is 0 Å². The molecule has 0 amide bonds. The Morgan fingerprint density at radius 3 is 2.00 bits per heavy atom. The first kappa shape index (κ1) is 5.94. The molecule has 0 radical (unpaired) electrons. The van der Waals surface area contributed by atoms with Crippen molar-refractivity contribution in [3.8, 4) is 0 Å². The molecule has 0 spiro atoms. The van der Waals surface area contributed by atoms with Gasteiger partial charge in [-0.05, 0) is 0 Å². The summed E-state index contributed by atoms with van der Waals surface area (Å²) in [5.74, 6) is 0. The van der Waals surface area contributed by atoms with Crippen molar-refractivity contribution in [3.05, 3.63) is 0 Å². The van der Waals surface area contributed by atoms with E-state index in [4.69, 9.17) is 0 Å². The van der Waals surface area contributed by atoms with Crippen LogP contribution in [0.4, 0.5) is 12.2 Å². The molecule has 0 unspecified atom stereocenters. The number of rotatable bonds is 1. The van der Waals surface area contributed by atoms with Crippen molar-refractivity contribution in [3.63, 3.8) is 0 Å². The molecular weight excluding hydrogens is 115 g/mol. The van der Waals surface area contributed by atoms with E-state index < -0.39 is 18.3 Å². The molecule has 0 atom stereocenters. The fourth-order valence-electron chi connectivity index (χ4n) is 0.0369. The minimum Gasteiger partial charge on any atom is -0.225 e. The van der Waals surface area contributed by atoms with Gasteiger partial charge in [-0.2, -0.15) is 4.36 Å². The molecule has 0 saturated heterocycles. The van der Waals surface area contributed by atoms with Gasteiger partial charge in [-0.3, -0.25) is 0 Å². The maximum Gasteiger partial charge on any atom is 0.264 e. The van der Waals surface area contributed by atoms with Crippen LogP contribution in [0, 0.1) is 0 Å². The summed E-state index contributed by atoms with van der Waals surface area (Å²) in [6, 6.07) is 0.